The molecule has 0 unspecified atom stereocenters. The summed E-state index contributed by atoms with van der Waals surface area (Å²) in [5.41, 5.74) is 2.18. The van der Waals surface area contributed by atoms with Crippen LogP contribution in [-0.2, 0) is 16.0 Å². The van der Waals surface area contributed by atoms with E-state index in [0.717, 1.165) is 5.52 Å². The molecule has 1 aromatic carbocycles. The molecule has 0 atom stereocenters. The number of nitrogens with zero attached hydrogens (tertiary/aromatic N) is 2. The van der Waals surface area contributed by atoms with Gasteiger partial charge in [-0.15, -0.1) is 0 Å². The minimum atomic E-state index is -0.488. The number of carbonyl (C=O) groups is 2. The number of nitrogens with one attached hydrogen (secondary N) is 2. The summed E-state index contributed by atoms with van der Waals surface area (Å²) in [5, 5.41) is 2.76. The maximum absolute atomic E-state index is 12.3. The van der Waals surface area contributed by atoms with Crippen molar-refractivity contribution < 1.29 is 19.1 Å². The quantitative estimate of drug-likeness (QED) is 0.658. The highest BCUT2D eigenvalue weighted by atomic mass is 16.5. The second-order valence-corrected chi connectivity index (χ2v) is 5.51. The monoisotopic (exact) mass is 354 g/mol. The van der Waals surface area contributed by atoms with Crippen molar-refractivity contribution in [3.05, 3.63) is 47.9 Å². The number of fused-ring (bicyclic) bond motifs is 1. The molecule has 8 heteroatoms. The predicted octanol–water partition coefficient (Wildman–Crippen LogP) is 2.32. The van der Waals surface area contributed by atoms with Gasteiger partial charge in [-0.1, -0.05) is 0 Å². The second kappa shape index (κ2) is 7.64. The molecule has 0 aliphatic rings. The Morgan fingerprint density at radius 2 is 2.08 bits per heavy atom. The van der Waals surface area contributed by atoms with Gasteiger partial charge < -0.3 is 19.8 Å². The average Bonchev–Trinajstić information content (AvgIpc) is 3.08. The molecule has 26 heavy (non-hydrogen) atoms. The van der Waals surface area contributed by atoms with Gasteiger partial charge in [0.05, 0.1) is 31.0 Å². The number of aryl methyl sites for hydroxylation is 1. The fourth-order valence-corrected chi connectivity index (χ4v) is 2.51. The van der Waals surface area contributed by atoms with E-state index < -0.39 is 5.97 Å². The van der Waals surface area contributed by atoms with Crippen molar-refractivity contribution in [2.24, 2.45) is 0 Å². The first-order valence-corrected chi connectivity index (χ1v) is 7.96. The molecule has 0 spiro atoms. The number of amides is 1. The van der Waals surface area contributed by atoms with Crippen molar-refractivity contribution in [1.29, 1.82) is 0 Å². The minimum absolute atomic E-state index is 0.214. The van der Waals surface area contributed by atoms with Crippen LogP contribution in [0.3, 0.4) is 0 Å². The number of imidazole rings is 1. The molecular weight excluding hydrogens is 336 g/mol. The van der Waals surface area contributed by atoms with Gasteiger partial charge in [0, 0.05) is 19.0 Å². The van der Waals surface area contributed by atoms with Crippen molar-refractivity contribution in [3.8, 4) is 5.75 Å². The van der Waals surface area contributed by atoms with Crippen molar-refractivity contribution >= 4 is 28.7 Å². The van der Waals surface area contributed by atoms with Gasteiger partial charge in [0.2, 0.25) is 5.91 Å². The van der Waals surface area contributed by atoms with E-state index in [-0.39, 0.29) is 12.3 Å². The van der Waals surface area contributed by atoms with Gasteiger partial charge in [0.15, 0.2) is 5.65 Å². The molecule has 3 rings (SSSR count). The number of pyridine rings is 1. The van der Waals surface area contributed by atoms with Crippen LogP contribution in [0.15, 0.2) is 36.5 Å². The normalized spacial score (nSPS) is 10.5. The Kier molecular flexibility index (Phi) is 5.12. The molecule has 2 heterocycles. The fraction of sp³-hybridized carbons (Fsp3) is 0.222. The van der Waals surface area contributed by atoms with Crippen LogP contribution in [0, 0.1) is 0 Å². The predicted molar refractivity (Wildman–Crippen MR) is 95.2 cm³/mol. The molecule has 0 radical (unpaired) electrons. The summed E-state index contributed by atoms with van der Waals surface area (Å²) in [6.45, 7) is 0. The number of rotatable bonds is 6. The number of methoxy groups -OCH3 is 2. The molecule has 0 bridgehead atoms. The number of H-pyrrole nitrogens is 1. The molecule has 0 aliphatic carbocycles. The number of anilines is 1. The summed E-state index contributed by atoms with van der Waals surface area (Å²) in [6.07, 6.45) is 2.31. The van der Waals surface area contributed by atoms with E-state index in [0.29, 0.717) is 34.9 Å². The van der Waals surface area contributed by atoms with Gasteiger partial charge in [-0.05, 0) is 30.3 Å². The molecule has 3 aromatic rings. The summed E-state index contributed by atoms with van der Waals surface area (Å²) < 4.78 is 9.92. The molecule has 0 aliphatic heterocycles. The summed E-state index contributed by atoms with van der Waals surface area (Å²) in [7, 11) is 2.79. The number of hydrogen-bond acceptors (Lipinski definition) is 6. The number of ether oxygens (including phenoxy) is 2. The van der Waals surface area contributed by atoms with E-state index in [4.69, 9.17) is 9.47 Å². The van der Waals surface area contributed by atoms with Gasteiger partial charge in [0.25, 0.3) is 0 Å². The van der Waals surface area contributed by atoms with Gasteiger partial charge >= 0.3 is 5.97 Å². The Hall–Kier alpha value is -3.42. The molecule has 0 saturated heterocycles. The third-order valence-corrected chi connectivity index (χ3v) is 3.79. The molecule has 2 N–H and O–H groups in total. The zero-order chi connectivity index (χ0) is 18.5. The van der Waals surface area contributed by atoms with Crippen LogP contribution in [-0.4, -0.2) is 41.0 Å². The second-order valence-electron chi connectivity index (χ2n) is 5.51. The van der Waals surface area contributed by atoms with Crippen LogP contribution >= 0.6 is 0 Å². The van der Waals surface area contributed by atoms with Gasteiger partial charge in [-0.3, -0.25) is 4.79 Å². The summed E-state index contributed by atoms with van der Waals surface area (Å²) in [6, 6.07) is 8.39. The molecule has 134 valence electrons. The molecule has 8 nitrogen and oxygen atoms in total. The Bertz CT molecular complexity index is 918. The lowest BCUT2D eigenvalue weighted by Crippen LogP contribution is -2.14. The Labute approximate surface area is 149 Å². The number of carbonyl (C=O) groups excluding carboxylic acids is 2. The zero-order valence-corrected chi connectivity index (χ0v) is 14.4. The minimum Gasteiger partial charge on any atom is -0.495 e. The lowest BCUT2D eigenvalue weighted by Gasteiger charge is -2.11. The number of esters is 1. The van der Waals surface area contributed by atoms with Crippen LogP contribution in [0.1, 0.15) is 22.6 Å². The Morgan fingerprint density at radius 3 is 2.81 bits per heavy atom. The third-order valence-electron chi connectivity index (χ3n) is 3.79. The van der Waals surface area contributed by atoms with Gasteiger partial charge in [-0.2, -0.15) is 0 Å². The first-order chi connectivity index (χ1) is 12.6. The van der Waals surface area contributed by atoms with Crippen molar-refractivity contribution in [2.75, 3.05) is 19.5 Å². The van der Waals surface area contributed by atoms with Crippen LogP contribution < -0.4 is 10.1 Å². The first kappa shape index (κ1) is 17.4. The number of benzene rings is 1. The van der Waals surface area contributed by atoms with Gasteiger partial charge in [0.1, 0.15) is 11.6 Å². The highest BCUT2D eigenvalue weighted by molar-refractivity contribution is 5.96. The van der Waals surface area contributed by atoms with Gasteiger partial charge in [-0.25, -0.2) is 14.8 Å². The van der Waals surface area contributed by atoms with Crippen molar-refractivity contribution in [2.45, 2.75) is 12.8 Å². The van der Waals surface area contributed by atoms with E-state index in [1.807, 2.05) is 12.1 Å². The number of aromatic nitrogens is 3. The first-order valence-electron chi connectivity index (χ1n) is 7.96. The average molecular weight is 354 g/mol. The van der Waals surface area contributed by atoms with E-state index in [1.54, 1.807) is 18.3 Å². The Morgan fingerprint density at radius 1 is 1.23 bits per heavy atom. The standard InChI is InChI=1S/C18H18N4O4/c1-25-14-6-5-11(18(24)26-2)10-13(14)21-16(23)8-7-15-20-12-4-3-9-19-17(12)22-15/h3-6,9-10H,7-8H2,1-2H3,(H,21,23)(H,19,20,22). The summed E-state index contributed by atoms with van der Waals surface area (Å²) >= 11 is 0. The van der Waals surface area contributed by atoms with Crippen LogP contribution in [0.25, 0.3) is 11.2 Å². The highest BCUT2D eigenvalue weighted by Crippen LogP contribution is 2.26. The van der Waals surface area contributed by atoms with Crippen molar-refractivity contribution in [1.82, 2.24) is 15.0 Å². The maximum atomic E-state index is 12.3. The molecule has 0 saturated carbocycles. The molecule has 0 fully saturated rings. The lowest BCUT2D eigenvalue weighted by molar-refractivity contribution is -0.116. The highest BCUT2D eigenvalue weighted by Gasteiger charge is 2.13. The van der Waals surface area contributed by atoms with E-state index in [2.05, 4.69) is 20.3 Å². The van der Waals surface area contributed by atoms with E-state index in [9.17, 15) is 9.59 Å². The SMILES string of the molecule is COC(=O)c1ccc(OC)c(NC(=O)CCc2nc3ncccc3[nH]2)c1. The largest absolute Gasteiger partial charge is 0.495 e. The molecule has 1 amide bonds. The van der Waals surface area contributed by atoms with E-state index >= 15 is 0 Å². The van der Waals surface area contributed by atoms with E-state index in [1.165, 1.54) is 20.3 Å². The third kappa shape index (κ3) is 3.80. The topological polar surface area (TPSA) is 106 Å². The summed E-state index contributed by atoms with van der Waals surface area (Å²) in [4.78, 5) is 35.6. The maximum Gasteiger partial charge on any atom is 0.337 e. The lowest BCUT2D eigenvalue weighted by atomic mass is 10.1. The smallest absolute Gasteiger partial charge is 0.337 e. The van der Waals surface area contributed by atoms with Crippen LogP contribution in [0.5, 0.6) is 5.75 Å². The number of aromatic amines is 1. The molecule has 2 aromatic heterocycles. The zero-order valence-electron chi connectivity index (χ0n) is 14.4. The van der Waals surface area contributed by atoms with Crippen molar-refractivity contribution in [3.63, 3.8) is 0 Å². The Balaban J connectivity index is 1.68. The fourth-order valence-electron chi connectivity index (χ4n) is 2.51. The van der Waals surface area contributed by atoms with Crippen LogP contribution in [0.2, 0.25) is 0 Å². The summed E-state index contributed by atoms with van der Waals surface area (Å²) in [5.74, 6) is 0.430. The number of hydrogen-bond donors (Lipinski definition) is 2. The molecular formula is C18H18N4O4. The van der Waals surface area contributed by atoms with Crippen LogP contribution in [0.4, 0.5) is 5.69 Å².